The molecule has 0 saturated carbocycles. The molecule has 0 aliphatic carbocycles. The van der Waals surface area contributed by atoms with Crippen LogP contribution in [0.2, 0.25) is 0 Å². The number of alkyl halides is 21. The molecule has 0 spiro atoms. The molecule has 0 aromatic carbocycles. The molecule has 0 unspecified atom stereocenters. The van der Waals surface area contributed by atoms with Crippen molar-refractivity contribution in [3.63, 3.8) is 0 Å². The predicted molar refractivity (Wildman–Crippen MR) is 69.5 cm³/mol. The smallest absolute Gasteiger partial charge is 0.743 e. The summed E-state index contributed by atoms with van der Waals surface area (Å²) in [6.07, 6.45) is -12.9. The van der Waals surface area contributed by atoms with E-state index in [2.05, 4.69) is 0 Å². The Bertz CT molecular complexity index is 953. The van der Waals surface area contributed by atoms with Crippen LogP contribution in [0.15, 0.2) is 0 Å². The Balaban J connectivity index is 0. The van der Waals surface area contributed by atoms with E-state index in [1.165, 1.54) is 0 Å². The Labute approximate surface area is 206 Å². The van der Waals surface area contributed by atoms with Crippen molar-refractivity contribution in [2.45, 2.75) is 71.7 Å². The second kappa shape index (κ2) is 9.84. The van der Waals surface area contributed by atoms with Crippen LogP contribution in [-0.4, -0.2) is 71.8 Å². The predicted octanol–water partition coefficient (Wildman–Crippen LogP) is 3.55. The van der Waals surface area contributed by atoms with Gasteiger partial charge >= 0.3 is 77.7 Å². The van der Waals surface area contributed by atoms with Gasteiger partial charge in [-0.05, 0) is 0 Å². The maximum atomic E-state index is 13.5. The summed E-state index contributed by atoms with van der Waals surface area (Å²) in [7, 11) is -8.31. The van der Waals surface area contributed by atoms with Gasteiger partial charge < -0.3 is 4.55 Å². The van der Waals surface area contributed by atoms with E-state index in [0.29, 0.717) is 0 Å². The van der Waals surface area contributed by atoms with E-state index in [4.69, 9.17) is 0 Å². The van der Waals surface area contributed by atoms with Crippen LogP contribution in [-0.2, 0) is 10.1 Å². The SMILES string of the molecule is O=S(=O)([O-])C(F)(F)C(F)(F)C(F)(F)C(F)(F)C(F)(F)C(F)(F)C(F)(F)C(F)(F)C(F)(F)CCC(F)(F)F.[Li+]. The fourth-order valence-corrected chi connectivity index (χ4v) is 2.45. The first-order chi connectivity index (χ1) is 15.5. The van der Waals surface area contributed by atoms with E-state index < -0.39 is 81.8 Å². The van der Waals surface area contributed by atoms with Crippen LogP contribution in [0.5, 0.6) is 0 Å². The van der Waals surface area contributed by atoms with Crippen molar-refractivity contribution in [1.29, 1.82) is 0 Å². The molecule has 0 fully saturated rings. The molecule has 38 heavy (non-hydrogen) atoms. The summed E-state index contributed by atoms with van der Waals surface area (Å²) >= 11 is 0. The van der Waals surface area contributed by atoms with Crippen molar-refractivity contribution in [2.24, 2.45) is 0 Å². The van der Waals surface area contributed by atoms with Gasteiger partial charge in [-0.15, -0.1) is 0 Å². The van der Waals surface area contributed by atoms with E-state index >= 15 is 0 Å². The summed E-state index contributed by atoms with van der Waals surface area (Å²) in [5, 5.41) is -8.13. The van der Waals surface area contributed by atoms with Crippen LogP contribution in [0.1, 0.15) is 12.8 Å². The minimum Gasteiger partial charge on any atom is -0.743 e. The van der Waals surface area contributed by atoms with Crippen LogP contribution in [0, 0.1) is 0 Å². The van der Waals surface area contributed by atoms with Crippen molar-refractivity contribution in [2.75, 3.05) is 0 Å². The van der Waals surface area contributed by atoms with Crippen molar-refractivity contribution in [3.05, 3.63) is 0 Å². The minimum atomic E-state index is -9.25. The fraction of sp³-hybridized carbons (Fsp3) is 1.00. The van der Waals surface area contributed by atoms with Crippen molar-refractivity contribution in [1.82, 2.24) is 0 Å². The molecule has 0 aromatic rings. The molecule has 0 radical (unpaired) electrons. The summed E-state index contributed by atoms with van der Waals surface area (Å²) in [6, 6.07) is 0. The molecule has 0 amide bonds. The van der Waals surface area contributed by atoms with E-state index in [1.54, 1.807) is 0 Å². The summed E-state index contributed by atoms with van der Waals surface area (Å²) in [5.41, 5.74) is 0. The average Bonchev–Trinajstić information content (AvgIpc) is 2.63. The van der Waals surface area contributed by atoms with Gasteiger partial charge in [-0.1, -0.05) is 0 Å². The molecule has 26 heteroatoms. The first-order valence-electron chi connectivity index (χ1n) is 7.88. The molecule has 0 saturated heterocycles. The van der Waals surface area contributed by atoms with Gasteiger partial charge in [0.05, 0.1) is 0 Å². The molecule has 0 aliphatic rings. The van der Waals surface area contributed by atoms with Crippen LogP contribution in [0.3, 0.4) is 0 Å². The first-order valence-corrected chi connectivity index (χ1v) is 9.29. The number of hydrogen-bond acceptors (Lipinski definition) is 3. The zero-order chi connectivity index (χ0) is 30.9. The van der Waals surface area contributed by atoms with Gasteiger partial charge in [0.25, 0.3) is 0 Å². The molecule has 0 heterocycles. The molecule has 0 aromatic heterocycles. The number of hydrogen-bond donors (Lipinski definition) is 0. The maximum Gasteiger partial charge on any atom is 1.00 e. The summed E-state index contributed by atoms with van der Waals surface area (Å²) in [5.74, 6) is -69.8. The molecule has 0 rings (SSSR count). The molecular weight excluding hydrogens is 630 g/mol. The Morgan fingerprint density at radius 1 is 0.421 bits per heavy atom. The van der Waals surface area contributed by atoms with Gasteiger partial charge in [-0.3, -0.25) is 0 Å². The molecule has 3 nitrogen and oxygen atoms in total. The normalized spacial score (nSPS) is 16.4. The Morgan fingerprint density at radius 3 is 0.895 bits per heavy atom. The van der Waals surface area contributed by atoms with E-state index in [0.717, 1.165) is 0 Å². The van der Waals surface area contributed by atoms with Gasteiger partial charge in [0, 0.05) is 12.8 Å². The maximum absolute atomic E-state index is 13.5. The minimum absolute atomic E-state index is 0. The van der Waals surface area contributed by atoms with Crippen LogP contribution >= 0.6 is 0 Å². The number of rotatable bonds is 11. The third kappa shape index (κ3) is 5.36. The summed E-state index contributed by atoms with van der Waals surface area (Å²) in [4.78, 5) is 0. The summed E-state index contributed by atoms with van der Waals surface area (Å²) in [6.45, 7) is 0. The molecule has 224 valence electrons. The largest absolute Gasteiger partial charge is 1.00 e. The van der Waals surface area contributed by atoms with Gasteiger partial charge in [0.2, 0.25) is 0 Å². The van der Waals surface area contributed by atoms with E-state index in [9.17, 15) is 105 Å². The monoisotopic (exact) mass is 634 g/mol. The van der Waals surface area contributed by atoms with Crippen molar-refractivity contribution < 1.29 is 124 Å². The van der Waals surface area contributed by atoms with Crippen LogP contribution < -0.4 is 18.9 Å². The Morgan fingerprint density at radius 2 is 0.658 bits per heavy atom. The quantitative estimate of drug-likeness (QED) is 0.199. The average molecular weight is 634 g/mol. The molecule has 0 N–H and O–H groups in total. The van der Waals surface area contributed by atoms with E-state index in [-0.39, 0.29) is 18.9 Å². The number of halogens is 21. The van der Waals surface area contributed by atoms with Gasteiger partial charge in [-0.25, -0.2) is 8.42 Å². The van der Waals surface area contributed by atoms with E-state index in [1.807, 2.05) is 0 Å². The fourth-order valence-electron chi connectivity index (χ4n) is 2.01. The standard InChI is InChI=1S/C12H5F21O3S.Li/c13-3(14,1-2-4(15,16)17)5(18,19)6(20,21)7(22,23)8(24,25)9(26,27)10(28,29)11(30,31)12(32,33)37(34,35)36;/h1-2H2,(H,34,35,36);/q;+1/p-1. The van der Waals surface area contributed by atoms with Gasteiger partial charge in [0.1, 0.15) is 0 Å². The second-order valence-electron chi connectivity index (χ2n) is 6.81. The van der Waals surface area contributed by atoms with Crippen LogP contribution in [0.25, 0.3) is 0 Å². The van der Waals surface area contributed by atoms with Crippen molar-refractivity contribution in [3.8, 4) is 0 Å². The molecule has 0 aliphatic heterocycles. The molecular formula is C12H4F21LiO3S. The van der Waals surface area contributed by atoms with Gasteiger partial charge in [0.15, 0.2) is 10.1 Å². The van der Waals surface area contributed by atoms with Crippen molar-refractivity contribution >= 4 is 10.1 Å². The third-order valence-electron chi connectivity index (χ3n) is 4.23. The Hall–Kier alpha value is -0.963. The van der Waals surface area contributed by atoms with Crippen LogP contribution in [0.4, 0.5) is 92.2 Å². The van der Waals surface area contributed by atoms with Gasteiger partial charge in [-0.2, -0.15) is 92.2 Å². The zero-order valence-electron chi connectivity index (χ0n) is 17.0. The molecule has 0 bridgehead atoms. The first kappa shape index (κ1) is 39.2. The zero-order valence-corrected chi connectivity index (χ0v) is 17.8. The summed E-state index contributed by atoms with van der Waals surface area (Å²) < 4.78 is 305. The topological polar surface area (TPSA) is 57.2 Å². The molecule has 0 atom stereocenters. The third-order valence-corrected chi connectivity index (χ3v) is 5.11. The second-order valence-corrected chi connectivity index (χ2v) is 8.23. The Kier molecular flexibility index (Phi) is 10.2.